The van der Waals surface area contributed by atoms with Gasteiger partial charge in [-0.25, -0.2) is 9.97 Å². The van der Waals surface area contributed by atoms with Crippen molar-refractivity contribution in [3.8, 4) is 11.4 Å². The summed E-state index contributed by atoms with van der Waals surface area (Å²) >= 11 is 9.42. The van der Waals surface area contributed by atoms with Crippen LogP contribution >= 0.6 is 27.5 Å². The highest BCUT2D eigenvalue weighted by Gasteiger charge is 2.07. The van der Waals surface area contributed by atoms with Crippen molar-refractivity contribution >= 4 is 33.3 Å². The first-order valence-electron chi connectivity index (χ1n) is 6.15. The molecule has 100 valence electrons. The average Bonchev–Trinajstić information content (AvgIpc) is 2.39. The van der Waals surface area contributed by atoms with Crippen LogP contribution in [0, 0.1) is 6.92 Å². The summed E-state index contributed by atoms with van der Waals surface area (Å²) in [6.07, 6.45) is 1.06. The van der Waals surface area contributed by atoms with Gasteiger partial charge in [0.25, 0.3) is 0 Å². The molecule has 0 saturated carbocycles. The zero-order chi connectivity index (χ0) is 13.8. The van der Waals surface area contributed by atoms with Gasteiger partial charge in [0.1, 0.15) is 5.82 Å². The third-order valence-electron chi connectivity index (χ3n) is 2.59. The maximum Gasteiger partial charge on any atom is 0.161 e. The normalized spacial score (nSPS) is 10.5. The minimum absolute atomic E-state index is 0.681. The van der Waals surface area contributed by atoms with Gasteiger partial charge in [-0.2, -0.15) is 0 Å². The van der Waals surface area contributed by atoms with Crippen molar-refractivity contribution in [1.82, 2.24) is 9.97 Å². The van der Waals surface area contributed by atoms with Crippen molar-refractivity contribution in [2.24, 2.45) is 0 Å². The Morgan fingerprint density at radius 3 is 2.74 bits per heavy atom. The van der Waals surface area contributed by atoms with Crippen molar-refractivity contribution < 1.29 is 0 Å². The predicted octanol–water partition coefficient (Wildman–Crippen LogP) is 4.69. The Labute approximate surface area is 126 Å². The number of rotatable bonds is 4. The quantitative estimate of drug-likeness (QED) is 0.877. The van der Waals surface area contributed by atoms with Crippen LogP contribution in [0.2, 0.25) is 5.02 Å². The van der Waals surface area contributed by atoms with E-state index in [-0.39, 0.29) is 0 Å². The lowest BCUT2D eigenvalue weighted by molar-refractivity contribution is 0.962. The molecule has 1 N–H and O–H groups in total. The molecule has 1 aromatic heterocycles. The van der Waals surface area contributed by atoms with E-state index in [2.05, 4.69) is 38.1 Å². The summed E-state index contributed by atoms with van der Waals surface area (Å²) in [6.45, 7) is 4.99. The molecule has 0 saturated heterocycles. The second-order valence-electron chi connectivity index (χ2n) is 4.27. The second kappa shape index (κ2) is 6.35. The van der Waals surface area contributed by atoms with E-state index in [9.17, 15) is 0 Å². The summed E-state index contributed by atoms with van der Waals surface area (Å²) in [7, 11) is 0. The molecule has 5 heteroatoms. The van der Waals surface area contributed by atoms with E-state index >= 15 is 0 Å². The number of aryl methyl sites for hydroxylation is 1. The van der Waals surface area contributed by atoms with Gasteiger partial charge in [0, 0.05) is 28.3 Å². The van der Waals surface area contributed by atoms with E-state index in [1.54, 1.807) is 0 Å². The minimum atomic E-state index is 0.681. The smallest absolute Gasteiger partial charge is 0.161 e. The third kappa shape index (κ3) is 3.67. The molecule has 0 fully saturated rings. The van der Waals surface area contributed by atoms with Crippen molar-refractivity contribution in [2.45, 2.75) is 20.3 Å². The van der Waals surface area contributed by atoms with Gasteiger partial charge < -0.3 is 5.32 Å². The Morgan fingerprint density at radius 2 is 2.05 bits per heavy atom. The van der Waals surface area contributed by atoms with Gasteiger partial charge in [-0.3, -0.25) is 0 Å². The molecule has 1 aromatic carbocycles. The first-order chi connectivity index (χ1) is 9.10. The molecule has 2 aromatic rings. The Kier molecular flexibility index (Phi) is 4.77. The summed E-state index contributed by atoms with van der Waals surface area (Å²) in [5.74, 6) is 1.56. The first-order valence-corrected chi connectivity index (χ1v) is 7.32. The van der Waals surface area contributed by atoms with Crippen molar-refractivity contribution in [3.05, 3.63) is 39.5 Å². The molecule has 0 radical (unpaired) electrons. The van der Waals surface area contributed by atoms with Crippen LogP contribution in [0.5, 0.6) is 0 Å². The van der Waals surface area contributed by atoms with Gasteiger partial charge in [-0.05, 0) is 47.5 Å². The standard InChI is InChI=1S/C14H15BrClN3/c1-3-6-17-13-7-9(2)18-14(19-13)10-4-5-12(16)11(15)8-10/h4-5,7-8H,3,6H2,1-2H3,(H,17,18,19). The van der Waals surface area contributed by atoms with E-state index in [1.807, 2.05) is 31.2 Å². The zero-order valence-corrected chi connectivity index (χ0v) is 13.2. The van der Waals surface area contributed by atoms with Crippen LogP contribution in [0.25, 0.3) is 11.4 Å². The number of anilines is 1. The Hall–Kier alpha value is -1.13. The van der Waals surface area contributed by atoms with Gasteiger partial charge in [-0.1, -0.05) is 18.5 Å². The van der Waals surface area contributed by atoms with Gasteiger partial charge in [0.05, 0.1) is 5.02 Å². The molecule has 0 spiro atoms. The maximum atomic E-state index is 6.00. The van der Waals surface area contributed by atoms with Gasteiger partial charge in [0.2, 0.25) is 0 Å². The summed E-state index contributed by atoms with van der Waals surface area (Å²) in [4.78, 5) is 8.99. The molecular weight excluding hydrogens is 326 g/mol. The molecule has 2 rings (SSSR count). The Bertz CT molecular complexity index is 587. The molecule has 3 nitrogen and oxygen atoms in total. The molecule has 1 heterocycles. The van der Waals surface area contributed by atoms with Crippen molar-refractivity contribution in [2.75, 3.05) is 11.9 Å². The Morgan fingerprint density at radius 1 is 1.26 bits per heavy atom. The lowest BCUT2D eigenvalue weighted by atomic mass is 10.2. The van der Waals surface area contributed by atoms with E-state index in [0.717, 1.165) is 34.5 Å². The van der Waals surface area contributed by atoms with E-state index in [1.165, 1.54) is 0 Å². The fraction of sp³-hybridized carbons (Fsp3) is 0.286. The second-order valence-corrected chi connectivity index (χ2v) is 5.54. The van der Waals surface area contributed by atoms with E-state index in [4.69, 9.17) is 11.6 Å². The summed E-state index contributed by atoms with van der Waals surface area (Å²) in [6, 6.07) is 7.64. The van der Waals surface area contributed by atoms with Crippen molar-refractivity contribution in [1.29, 1.82) is 0 Å². The first kappa shape index (κ1) is 14.3. The summed E-state index contributed by atoms with van der Waals surface area (Å²) in [5.41, 5.74) is 1.88. The van der Waals surface area contributed by atoms with E-state index in [0.29, 0.717) is 10.8 Å². The molecule has 0 bridgehead atoms. The topological polar surface area (TPSA) is 37.8 Å². The number of halogens is 2. The molecule has 0 unspecified atom stereocenters. The molecule has 0 aliphatic carbocycles. The van der Waals surface area contributed by atoms with E-state index < -0.39 is 0 Å². The maximum absolute atomic E-state index is 6.00. The third-order valence-corrected chi connectivity index (χ3v) is 3.80. The van der Waals surface area contributed by atoms with Crippen LogP contribution < -0.4 is 5.32 Å². The highest BCUT2D eigenvalue weighted by atomic mass is 79.9. The molecular formula is C14H15BrClN3. The minimum Gasteiger partial charge on any atom is -0.370 e. The molecule has 0 amide bonds. The molecule has 0 aliphatic rings. The summed E-state index contributed by atoms with van der Waals surface area (Å²) in [5, 5.41) is 3.96. The SMILES string of the molecule is CCCNc1cc(C)nc(-c2ccc(Cl)c(Br)c2)n1. The zero-order valence-electron chi connectivity index (χ0n) is 10.9. The van der Waals surface area contributed by atoms with Crippen LogP contribution in [0.3, 0.4) is 0 Å². The highest BCUT2D eigenvalue weighted by molar-refractivity contribution is 9.10. The lowest BCUT2D eigenvalue weighted by Crippen LogP contribution is -2.04. The molecule has 0 atom stereocenters. The fourth-order valence-corrected chi connectivity index (χ4v) is 2.17. The average molecular weight is 341 g/mol. The molecule has 0 aliphatic heterocycles. The predicted molar refractivity (Wildman–Crippen MR) is 83.7 cm³/mol. The number of nitrogens with one attached hydrogen (secondary N) is 1. The van der Waals surface area contributed by atoms with Crippen LogP contribution in [-0.4, -0.2) is 16.5 Å². The highest BCUT2D eigenvalue weighted by Crippen LogP contribution is 2.27. The molecule has 19 heavy (non-hydrogen) atoms. The lowest BCUT2D eigenvalue weighted by Gasteiger charge is -2.08. The number of aromatic nitrogens is 2. The van der Waals surface area contributed by atoms with Crippen molar-refractivity contribution in [3.63, 3.8) is 0 Å². The number of nitrogens with zero attached hydrogens (tertiary/aromatic N) is 2. The fourth-order valence-electron chi connectivity index (χ4n) is 1.68. The number of hydrogen-bond donors (Lipinski definition) is 1. The monoisotopic (exact) mass is 339 g/mol. The van der Waals surface area contributed by atoms with Crippen LogP contribution in [0.15, 0.2) is 28.7 Å². The Balaban J connectivity index is 2.37. The number of hydrogen-bond acceptors (Lipinski definition) is 3. The van der Waals surface area contributed by atoms with Gasteiger partial charge in [-0.15, -0.1) is 0 Å². The van der Waals surface area contributed by atoms with Crippen LogP contribution in [-0.2, 0) is 0 Å². The number of benzene rings is 1. The largest absolute Gasteiger partial charge is 0.370 e. The summed E-state index contributed by atoms with van der Waals surface area (Å²) < 4.78 is 0.847. The van der Waals surface area contributed by atoms with Gasteiger partial charge in [0.15, 0.2) is 5.82 Å². The van der Waals surface area contributed by atoms with Crippen LogP contribution in [0.1, 0.15) is 19.0 Å². The van der Waals surface area contributed by atoms with Crippen LogP contribution in [0.4, 0.5) is 5.82 Å². The van der Waals surface area contributed by atoms with Gasteiger partial charge >= 0.3 is 0 Å².